The van der Waals surface area contributed by atoms with Gasteiger partial charge in [-0.1, -0.05) is 36.4 Å². The highest BCUT2D eigenvalue weighted by atomic mass is 32.1. The van der Waals surface area contributed by atoms with Crippen molar-refractivity contribution in [1.82, 2.24) is 9.88 Å². The molecule has 0 fully saturated rings. The largest absolute Gasteiger partial charge is 0.477 e. The molecule has 2 aromatic rings. The molecule has 0 aliphatic heterocycles. The number of carbonyl (C=O) groups is 1. The predicted octanol–water partition coefficient (Wildman–Crippen LogP) is 3.07. The fraction of sp³-hybridized carbons (Fsp3) is 0.200. The second-order valence-electron chi connectivity index (χ2n) is 4.61. The van der Waals surface area contributed by atoms with Crippen molar-refractivity contribution in [2.45, 2.75) is 6.54 Å². The Morgan fingerprint density at radius 3 is 2.60 bits per heavy atom. The van der Waals surface area contributed by atoms with Gasteiger partial charge in [-0.3, -0.25) is 0 Å². The van der Waals surface area contributed by atoms with Crippen molar-refractivity contribution in [3.63, 3.8) is 0 Å². The summed E-state index contributed by atoms with van der Waals surface area (Å²) in [6.45, 7) is 0.643. The van der Waals surface area contributed by atoms with Gasteiger partial charge < -0.3 is 10.0 Å². The first-order chi connectivity index (χ1) is 9.56. The van der Waals surface area contributed by atoms with E-state index in [2.05, 4.69) is 4.98 Å². The molecule has 0 aliphatic carbocycles. The summed E-state index contributed by atoms with van der Waals surface area (Å²) in [5.41, 5.74) is 1.54. The molecule has 104 valence electrons. The number of rotatable bonds is 5. The molecule has 5 heteroatoms. The van der Waals surface area contributed by atoms with Crippen LogP contribution < -0.4 is 0 Å². The first kappa shape index (κ1) is 14.4. The van der Waals surface area contributed by atoms with Gasteiger partial charge in [0.15, 0.2) is 0 Å². The maximum atomic E-state index is 11.3. The van der Waals surface area contributed by atoms with Crippen LogP contribution in [0.25, 0.3) is 12.2 Å². The Morgan fingerprint density at radius 1 is 1.30 bits per heavy atom. The van der Waals surface area contributed by atoms with Crippen LogP contribution in [0.1, 0.15) is 25.9 Å². The van der Waals surface area contributed by atoms with E-state index >= 15 is 0 Å². The Hall–Kier alpha value is -1.98. The molecule has 0 spiro atoms. The van der Waals surface area contributed by atoms with Crippen molar-refractivity contribution in [3.8, 4) is 0 Å². The maximum Gasteiger partial charge on any atom is 0.348 e. The maximum absolute atomic E-state index is 11.3. The summed E-state index contributed by atoms with van der Waals surface area (Å²) in [5.74, 6) is -0.930. The molecule has 0 saturated heterocycles. The topological polar surface area (TPSA) is 53.4 Å². The quantitative estimate of drug-likeness (QED) is 0.918. The zero-order valence-electron chi connectivity index (χ0n) is 11.4. The number of hydrogen-bond donors (Lipinski definition) is 1. The van der Waals surface area contributed by atoms with E-state index in [0.29, 0.717) is 12.2 Å². The Morgan fingerprint density at radius 2 is 2.00 bits per heavy atom. The summed E-state index contributed by atoms with van der Waals surface area (Å²) in [5, 5.41) is 10.0. The predicted molar refractivity (Wildman–Crippen MR) is 81.8 cm³/mol. The van der Waals surface area contributed by atoms with Gasteiger partial charge in [-0.05, 0) is 25.7 Å². The van der Waals surface area contributed by atoms with Crippen LogP contribution >= 0.6 is 11.3 Å². The lowest BCUT2D eigenvalue weighted by Gasteiger charge is -2.04. The number of aromatic nitrogens is 1. The van der Waals surface area contributed by atoms with E-state index in [1.165, 1.54) is 11.3 Å². The molecule has 0 aliphatic rings. The van der Waals surface area contributed by atoms with E-state index in [4.69, 9.17) is 0 Å². The van der Waals surface area contributed by atoms with Gasteiger partial charge in [0.05, 0.1) is 5.69 Å². The van der Waals surface area contributed by atoms with Crippen LogP contribution in [0.4, 0.5) is 0 Å². The molecule has 1 aromatic heterocycles. The standard InChI is InChI=1S/C15H16N2O2S/c1-17(2)10-13-16-12(14(20-13)15(18)19)9-8-11-6-4-3-5-7-11/h3-9H,10H2,1-2H3,(H,18,19)/b9-8+. The summed E-state index contributed by atoms with van der Waals surface area (Å²) in [6, 6.07) is 9.75. The molecular weight excluding hydrogens is 272 g/mol. The summed E-state index contributed by atoms with van der Waals surface area (Å²) in [6.07, 6.45) is 3.63. The van der Waals surface area contributed by atoms with Crippen LogP contribution in [0.2, 0.25) is 0 Å². The second kappa shape index (κ2) is 6.45. The van der Waals surface area contributed by atoms with Crippen LogP contribution in [-0.2, 0) is 6.54 Å². The van der Waals surface area contributed by atoms with Crippen LogP contribution in [0.5, 0.6) is 0 Å². The minimum Gasteiger partial charge on any atom is -0.477 e. The molecule has 0 atom stereocenters. The first-order valence-corrected chi connectivity index (χ1v) is 6.99. The molecule has 0 saturated carbocycles. The zero-order valence-corrected chi connectivity index (χ0v) is 12.2. The SMILES string of the molecule is CN(C)Cc1nc(/C=C/c2ccccc2)c(C(=O)O)s1. The average molecular weight is 288 g/mol. The Labute approximate surface area is 122 Å². The average Bonchev–Trinajstić information content (AvgIpc) is 2.80. The fourth-order valence-electron chi connectivity index (χ4n) is 1.72. The molecule has 1 N–H and O–H groups in total. The van der Waals surface area contributed by atoms with Gasteiger partial charge in [0.2, 0.25) is 0 Å². The highest BCUT2D eigenvalue weighted by Gasteiger charge is 2.15. The molecule has 20 heavy (non-hydrogen) atoms. The minimum absolute atomic E-state index is 0.286. The van der Waals surface area contributed by atoms with E-state index in [1.54, 1.807) is 6.08 Å². The molecule has 0 radical (unpaired) electrons. The number of carboxylic acid groups (broad SMARTS) is 1. The van der Waals surface area contributed by atoms with E-state index in [9.17, 15) is 9.90 Å². The third kappa shape index (κ3) is 3.76. The highest BCUT2D eigenvalue weighted by molar-refractivity contribution is 7.13. The van der Waals surface area contributed by atoms with Gasteiger partial charge in [-0.15, -0.1) is 11.3 Å². The third-order valence-electron chi connectivity index (χ3n) is 2.58. The highest BCUT2D eigenvalue weighted by Crippen LogP contribution is 2.21. The molecule has 0 unspecified atom stereocenters. The van der Waals surface area contributed by atoms with Crippen molar-refractivity contribution in [3.05, 3.63) is 51.5 Å². The van der Waals surface area contributed by atoms with Crippen LogP contribution in [0.3, 0.4) is 0 Å². The summed E-state index contributed by atoms with van der Waals surface area (Å²) < 4.78 is 0. The van der Waals surface area contributed by atoms with Crippen molar-refractivity contribution < 1.29 is 9.90 Å². The lowest BCUT2D eigenvalue weighted by Crippen LogP contribution is -2.10. The van der Waals surface area contributed by atoms with Crippen LogP contribution in [-0.4, -0.2) is 35.1 Å². The second-order valence-corrected chi connectivity index (χ2v) is 5.69. The van der Waals surface area contributed by atoms with E-state index in [1.807, 2.05) is 55.4 Å². The fourth-order valence-corrected chi connectivity index (χ4v) is 2.73. The van der Waals surface area contributed by atoms with Gasteiger partial charge in [-0.25, -0.2) is 9.78 Å². The van der Waals surface area contributed by atoms with Gasteiger partial charge in [-0.2, -0.15) is 0 Å². The Balaban J connectivity index is 2.28. The van der Waals surface area contributed by atoms with E-state index in [0.717, 1.165) is 10.6 Å². The molecule has 0 amide bonds. The molecule has 1 aromatic carbocycles. The van der Waals surface area contributed by atoms with Crippen molar-refractivity contribution in [1.29, 1.82) is 0 Å². The molecule has 2 rings (SSSR count). The molecule has 0 bridgehead atoms. The molecular formula is C15H16N2O2S. The van der Waals surface area contributed by atoms with Crippen molar-refractivity contribution >= 4 is 29.5 Å². The summed E-state index contributed by atoms with van der Waals surface area (Å²) in [4.78, 5) is 17.9. The van der Waals surface area contributed by atoms with Crippen molar-refractivity contribution in [2.24, 2.45) is 0 Å². The van der Waals surface area contributed by atoms with Gasteiger partial charge in [0.25, 0.3) is 0 Å². The Kier molecular flexibility index (Phi) is 4.65. The normalized spacial score (nSPS) is 11.3. The first-order valence-electron chi connectivity index (χ1n) is 6.17. The minimum atomic E-state index is -0.930. The number of benzene rings is 1. The third-order valence-corrected chi connectivity index (χ3v) is 3.62. The van der Waals surface area contributed by atoms with E-state index < -0.39 is 5.97 Å². The summed E-state index contributed by atoms with van der Waals surface area (Å²) >= 11 is 1.23. The lowest BCUT2D eigenvalue weighted by molar-refractivity contribution is 0.0701. The number of aromatic carboxylic acids is 1. The zero-order chi connectivity index (χ0) is 14.5. The van der Waals surface area contributed by atoms with Crippen molar-refractivity contribution in [2.75, 3.05) is 14.1 Å². The Bertz CT molecular complexity index is 618. The van der Waals surface area contributed by atoms with Gasteiger partial charge >= 0.3 is 5.97 Å². The van der Waals surface area contributed by atoms with E-state index in [-0.39, 0.29) is 4.88 Å². The smallest absolute Gasteiger partial charge is 0.348 e. The number of carboxylic acids is 1. The van der Waals surface area contributed by atoms with Gasteiger partial charge in [0, 0.05) is 6.54 Å². The van der Waals surface area contributed by atoms with Crippen LogP contribution in [0.15, 0.2) is 30.3 Å². The number of thiazole rings is 1. The van der Waals surface area contributed by atoms with Crippen LogP contribution in [0, 0.1) is 0 Å². The monoisotopic (exact) mass is 288 g/mol. The number of nitrogens with zero attached hydrogens (tertiary/aromatic N) is 2. The molecule has 4 nitrogen and oxygen atoms in total. The van der Waals surface area contributed by atoms with Gasteiger partial charge in [0.1, 0.15) is 9.88 Å². The number of hydrogen-bond acceptors (Lipinski definition) is 4. The lowest BCUT2D eigenvalue weighted by atomic mass is 10.2. The summed E-state index contributed by atoms with van der Waals surface area (Å²) in [7, 11) is 3.86. The molecule has 1 heterocycles.